The molecule has 120 valence electrons. The molecule has 0 atom stereocenters. The first-order valence-corrected chi connectivity index (χ1v) is 8.29. The molecule has 0 bridgehead atoms. The number of amides is 2. The molecule has 1 aromatic carbocycles. The average Bonchev–Trinajstić information content (AvgIpc) is 2.81. The summed E-state index contributed by atoms with van der Waals surface area (Å²) in [5, 5.41) is 3.78. The third-order valence-corrected chi connectivity index (χ3v) is 4.77. The summed E-state index contributed by atoms with van der Waals surface area (Å²) >= 11 is 7.39. The molecule has 0 unspecified atom stereocenters. The molecule has 4 nitrogen and oxygen atoms in total. The van der Waals surface area contributed by atoms with Crippen molar-refractivity contribution < 1.29 is 9.59 Å². The highest BCUT2D eigenvalue weighted by Crippen LogP contribution is 2.33. The standard InChI is InChI=1S/C17H17ClN2O2S/c1-3-12-10(2)23-17(15(12)16(19)22)20-14(21)9-8-11-6-4-5-7-13(11)18/h4-9H,3H2,1-2H3,(H2,19,22)(H,20,21). The van der Waals surface area contributed by atoms with E-state index in [1.807, 2.05) is 32.0 Å². The number of carbonyl (C=O) groups is 2. The second-order valence-electron chi connectivity index (χ2n) is 4.90. The highest BCUT2D eigenvalue weighted by molar-refractivity contribution is 7.16. The molecule has 2 amide bonds. The van der Waals surface area contributed by atoms with Crippen molar-refractivity contribution in [1.82, 2.24) is 0 Å². The molecule has 6 heteroatoms. The highest BCUT2D eigenvalue weighted by atomic mass is 35.5. The topological polar surface area (TPSA) is 72.2 Å². The van der Waals surface area contributed by atoms with Crippen molar-refractivity contribution in [2.45, 2.75) is 20.3 Å². The maximum Gasteiger partial charge on any atom is 0.251 e. The number of thiophene rings is 1. The van der Waals surface area contributed by atoms with Crippen molar-refractivity contribution >= 4 is 45.8 Å². The Morgan fingerprint density at radius 1 is 1.35 bits per heavy atom. The van der Waals surface area contributed by atoms with Gasteiger partial charge in [0.25, 0.3) is 5.91 Å². The van der Waals surface area contributed by atoms with Crippen LogP contribution in [0.3, 0.4) is 0 Å². The van der Waals surface area contributed by atoms with E-state index < -0.39 is 5.91 Å². The number of nitrogens with two attached hydrogens (primary N) is 1. The van der Waals surface area contributed by atoms with Crippen LogP contribution in [0, 0.1) is 6.92 Å². The van der Waals surface area contributed by atoms with Crippen LogP contribution in [0.1, 0.15) is 33.3 Å². The van der Waals surface area contributed by atoms with Gasteiger partial charge in [-0.15, -0.1) is 11.3 Å². The zero-order valence-electron chi connectivity index (χ0n) is 12.9. The number of benzene rings is 1. The zero-order chi connectivity index (χ0) is 17.0. The molecule has 0 aliphatic heterocycles. The fourth-order valence-electron chi connectivity index (χ4n) is 2.28. The molecule has 0 saturated heterocycles. The van der Waals surface area contributed by atoms with E-state index in [0.717, 1.165) is 16.0 Å². The van der Waals surface area contributed by atoms with Crippen LogP contribution in [0.5, 0.6) is 0 Å². The number of rotatable bonds is 5. The number of hydrogen-bond donors (Lipinski definition) is 2. The lowest BCUT2D eigenvalue weighted by Crippen LogP contribution is -2.16. The molecule has 2 rings (SSSR count). The molecule has 0 aliphatic rings. The van der Waals surface area contributed by atoms with Gasteiger partial charge in [-0.05, 0) is 36.6 Å². The van der Waals surface area contributed by atoms with Crippen LogP contribution in [0.4, 0.5) is 5.00 Å². The molecule has 2 aromatic rings. The smallest absolute Gasteiger partial charge is 0.251 e. The lowest BCUT2D eigenvalue weighted by Gasteiger charge is -2.03. The van der Waals surface area contributed by atoms with Gasteiger partial charge in [-0.2, -0.15) is 0 Å². The van der Waals surface area contributed by atoms with E-state index in [2.05, 4.69) is 5.32 Å². The summed E-state index contributed by atoms with van der Waals surface area (Å²) < 4.78 is 0. The van der Waals surface area contributed by atoms with Crippen molar-refractivity contribution in [3.63, 3.8) is 0 Å². The minimum atomic E-state index is -0.531. The molecular formula is C17H17ClN2O2S. The summed E-state index contributed by atoms with van der Waals surface area (Å²) in [6.45, 7) is 3.86. The first-order chi connectivity index (χ1) is 10.9. The quantitative estimate of drug-likeness (QED) is 0.801. The van der Waals surface area contributed by atoms with Gasteiger partial charge in [0.15, 0.2) is 0 Å². The summed E-state index contributed by atoms with van der Waals surface area (Å²) in [6, 6.07) is 7.22. The fraction of sp³-hybridized carbons (Fsp3) is 0.176. The van der Waals surface area contributed by atoms with Crippen LogP contribution in [0.25, 0.3) is 6.08 Å². The summed E-state index contributed by atoms with van der Waals surface area (Å²) in [6.07, 6.45) is 3.70. The molecule has 0 aliphatic carbocycles. The van der Waals surface area contributed by atoms with E-state index in [9.17, 15) is 9.59 Å². The van der Waals surface area contributed by atoms with Crippen LogP contribution in [0.15, 0.2) is 30.3 Å². The highest BCUT2D eigenvalue weighted by Gasteiger charge is 2.19. The number of halogens is 1. The van der Waals surface area contributed by atoms with E-state index in [0.29, 0.717) is 22.0 Å². The lowest BCUT2D eigenvalue weighted by atomic mass is 10.1. The van der Waals surface area contributed by atoms with Crippen LogP contribution < -0.4 is 11.1 Å². The molecule has 3 N–H and O–H groups in total. The third-order valence-electron chi connectivity index (χ3n) is 3.37. The Hall–Kier alpha value is -2.11. The van der Waals surface area contributed by atoms with Crippen LogP contribution >= 0.6 is 22.9 Å². The zero-order valence-corrected chi connectivity index (χ0v) is 14.4. The van der Waals surface area contributed by atoms with E-state index >= 15 is 0 Å². The second-order valence-corrected chi connectivity index (χ2v) is 6.53. The minimum absolute atomic E-state index is 0.337. The molecule has 0 saturated carbocycles. The predicted molar refractivity (Wildman–Crippen MR) is 96.1 cm³/mol. The predicted octanol–water partition coefficient (Wildman–Crippen LogP) is 4.02. The van der Waals surface area contributed by atoms with E-state index in [1.165, 1.54) is 17.4 Å². The Balaban J connectivity index is 2.21. The molecular weight excluding hydrogens is 332 g/mol. The summed E-state index contributed by atoms with van der Waals surface area (Å²) in [5.41, 5.74) is 7.47. The molecule has 0 spiro atoms. The van der Waals surface area contributed by atoms with Crippen molar-refractivity contribution in [2.75, 3.05) is 5.32 Å². The number of carbonyl (C=O) groups excluding carboxylic acids is 2. The molecule has 0 fully saturated rings. The Morgan fingerprint density at radius 3 is 2.65 bits per heavy atom. The Kier molecular flexibility index (Phi) is 5.58. The van der Waals surface area contributed by atoms with Gasteiger partial charge in [-0.3, -0.25) is 9.59 Å². The first kappa shape index (κ1) is 17.2. The van der Waals surface area contributed by atoms with Crippen molar-refractivity contribution in [1.29, 1.82) is 0 Å². The maximum atomic E-state index is 12.1. The molecule has 1 aromatic heterocycles. The van der Waals surface area contributed by atoms with Crippen molar-refractivity contribution in [3.8, 4) is 0 Å². The van der Waals surface area contributed by atoms with E-state index in [-0.39, 0.29) is 5.91 Å². The molecule has 1 heterocycles. The van der Waals surface area contributed by atoms with Gasteiger partial charge < -0.3 is 11.1 Å². The average molecular weight is 349 g/mol. The van der Waals surface area contributed by atoms with Gasteiger partial charge in [-0.25, -0.2) is 0 Å². The van der Waals surface area contributed by atoms with E-state index in [4.69, 9.17) is 17.3 Å². The maximum absolute atomic E-state index is 12.1. The Bertz CT molecular complexity index is 781. The van der Waals surface area contributed by atoms with Crippen LogP contribution in [0.2, 0.25) is 5.02 Å². The number of anilines is 1. The largest absolute Gasteiger partial charge is 0.365 e. The van der Waals surface area contributed by atoms with Gasteiger partial charge in [0, 0.05) is 16.0 Å². The summed E-state index contributed by atoms with van der Waals surface area (Å²) in [4.78, 5) is 24.7. The minimum Gasteiger partial charge on any atom is -0.365 e. The first-order valence-electron chi connectivity index (χ1n) is 7.09. The third kappa shape index (κ3) is 4.00. The van der Waals surface area contributed by atoms with Crippen molar-refractivity contribution in [2.24, 2.45) is 5.73 Å². The van der Waals surface area contributed by atoms with Gasteiger partial charge in [0.2, 0.25) is 5.91 Å². The Labute approximate surface area is 144 Å². The monoisotopic (exact) mass is 348 g/mol. The second kappa shape index (κ2) is 7.44. The number of nitrogens with one attached hydrogen (secondary N) is 1. The van der Waals surface area contributed by atoms with Gasteiger partial charge in [0.1, 0.15) is 5.00 Å². The van der Waals surface area contributed by atoms with E-state index in [1.54, 1.807) is 12.1 Å². The number of primary amides is 1. The summed E-state index contributed by atoms with van der Waals surface area (Å²) in [7, 11) is 0. The number of aryl methyl sites for hydroxylation is 1. The normalized spacial score (nSPS) is 10.9. The molecule has 23 heavy (non-hydrogen) atoms. The fourth-order valence-corrected chi connectivity index (χ4v) is 3.63. The summed E-state index contributed by atoms with van der Waals surface area (Å²) in [5.74, 6) is -0.868. The Morgan fingerprint density at radius 2 is 2.04 bits per heavy atom. The van der Waals surface area contributed by atoms with Crippen LogP contribution in [-0.4, -0.2) is 11.8 Å². The van der Waals surface area contributed by atoms with Gasteiger partial charge >= 0.3 is 0 Å². The SMILES string of the molecule is CCc1c(C)sc(NC(=O)C=Cc2ccccc2Cl)c1C(N)=O. The number of hydrogen-bond acceptors (Lipinski definition) is 3. The van der Waals surface area contributed by atoms with Gasteiger partial charge in [-0.1, -0.05) is 36.7 Å². The van der Waals surface area contributed by atoms with Crippen LogP contribution in [-0.2, 0) is 11.2 Å². The lowest BCUT2D eigenvalue weighted by molar-refractivity contribution is -0.111. The van der Waals surface area contributed by atoms with Gasteiger partial charge in [0.05, 0.1) is 5.56 Å². The van der Waals surface area contributed by atoms with Crippen molar-refractivity contribution in [3.05, 3.63) is 56.9 Å². The molecule has 0 radical (unpaired) electrons.